The second-order valence-corrected chi connectivity index (χ2v) is 3.19. The molecule has 0 aliphatic heterocycles. The van der Waals surface area contributed by atoms with E-state index >= 15 is 0 Å². The van der Waals surface area contributed by atoms with Crippen LogP contribution in [0.5, 0.6) is 0 Å². The van der Waals surface area contributed by atoms with E-state index in [1.54, 1.807) is 19.1 Å². The Labute approximate surface area is 80.5 Å². The van der Waals surface area contributed by atoms with E-state index in [4.69, 9.17) is 11.5 Å². The Bertz CT molecular complexity index is 508. The fraction of sp³-hybridized carbons (Fsp3) is 0.100. The predicted octanol–water partition coefficient (Wildman–Crippen LogP) is 1.85. The number of halogens is 1. The summed E-state index contributed by atoms with van der Waals surface area (Å²) in [5.74, 6) is -0.00632. The molecule has 2 aromatic rings. The normalized spacial score (nSPS) is 10.7. The lowest BCUT2D eigenvalue weighted by molar-refractivity contribution is 0.634. The first-order chi connectivity index (χ1) is 6.59. The molecule has 0 fully saturated rings. The van der Waals surface area contributed by atoms with E-state index in [0.717, 1.165) is 5.39 Å². The second-order valence-electron chi connectivity index (χ2n) is 3.19. The topological polar surface area (TPSA) is 64.9 Å². The van der Waals surface area contributed by atoms with Gasteiger partial charge < -0.3 is 11.5 Å². The van der Waals surface area contributed by atoms with Crippen molar-refractivity contribution in [1.29, 1.82) is 0 Å². The molecule has 3 nitrogen and oxygen atoms in total. The SMILES string of the molecule is Cc1nc(N)cc2ccc(F)c(N)c12. The van der Waals surface area contributed by atoms with E-state index in [2.05, 4.69) is 4.98 Å². The smallest absolute Gasteiger partial charge is 0.146 e. The number of nitrogen functional groups attached to an aromatic ring is 2. The summed E-state index contributed by atoms with van der Waals surface area (Å²) in [6.45, 7) is 1.76. The van der Waals surface area contributed by atoms with Crippen molar-refractivity contribution in [3.8, 4) is 0 Å². The average molecular weight is 191 g/mol. The van der Waals surface area contributed by atoms with Gasteiger partial charge in [-0.05, 0) is 24.4 Å². The summed E-state index contributed by atoms with van der Waals surface area (Å²) in [5, 5.41) is 1.45. The van der Waals surface area contributed by atoms with Crippen LogP contribution in [-0.2, 0) is 0 Å². The van der Waals surface area contributed by atoms with Crippen molar-refractivity contribution >= 4 is 22.3 Å². The number of hydrogen-bond acceptors (Lipinski definition) is 3. The summed E-state index contributed by atoms with van der Waals surface area (Å²) in [6, 6.07) is 4.65. The Morgan fingerprint density at radius 1 is 1.29 bits per heavy atom. The van der Waals surface area contributed by atoms with E-state index in [9.17, 15) is 4.39 Å². The van der Waals surface area contributed by atoms with Crippen molar-refractivity contribution < 1.29 is 4.39 Å². The molecular weight excluding hydrogens is 181 g/mol. The highest BCUT2D eigenvalue weighted by atomic mass is 19.1. The van der Waals surface area contributed by atoms with Crippen molar-refractivity contribution in [2.75, 3.05) is 11.5 Å². The largest absolute Gasteiger partial charge is 0.396 e. The minimum absolute atomic E-state index is 0.132. The Kier molecular flexibility index (Phi) is 1.77. The van der Waals surface area contributed by atoms with Gasteiger partial charge in [0.2, 0.25) is 0 Å². The molecule has 14 heavy (non-hydrogen) atoms. The number of aryl methyl sites for hydroxylation is 1. The maximum absolute atomic E-state index is 13.1. The molecular formula is C10H10FN3. The number of rotatable bonds is 0. The van der Waals surface area contributed by atoms with Crippen LogP contribution in [0.2, 0.25) is 0 Å². The monoisotopic (exact) mass is 191 g/mol. The Morgan fingerprint density at radius 2 is 2.00 bits per heavy atom. The zero-order valence-electron chi connectivity index (χ0n) is 7.71. The van der Waals surface area contributed by atoms with Crippen molar-refractivity contribution in [1.82, 2.24) is 4.98 Å². The Morgan fingerprint density at radius 3 is 2.71 bits per heavy atom. The molecule has 1 aromatic carbocycles. The van der Waals surface area contributed by atoms with Gasteiger partial charge in [0, 0.05) is 11.1 Å². The molecule has 0 spiro atoms. The summed E-state index contributed by atoms with van der Waals surface area (Å²) in [6.07, 6.45) is 0. The molecule has 0 bridgehead atoms. The number of anilines is 2. The predicted molar refractivity (Wildman–Crippen MR) is 55.3 cm³/mol. The number of aromatic nitrogens is 1. The third-order valence-corrected chi connectivity index (χ3v) is 2.19. The van der Waals surface area contributed by atoms with Gasteiger partial charge in [0.1, 0.15) is 11.6 Å². The molecule has 0 aliphatic carbocycles. The second kappa shape index (κ2) is 2.83. The third kappa shape index (κ3) is 1.16. The van der Waals surface area contributed by atoms with Crippen LogP contribution in [0.4, 0.5) is 15.9 Å². The number of nitrogens with two attached hydrogens (primary N) is 2. The lowest BCUT2D eigenvalue weighted by Gasteiger charge is -2.06. The first-order valence-corrected chi connectivity index (χ1v) is 4.20. The quantitative estimate of drug-likeness (QED) is 0.624. The van der Waals surface area contributed by atoms with Crippen LogP contribution in [0.25, 0.3) is 10.8 Å². The molecule has 1 aromatic heterocycles. The number of nitrogens with zero attached hydrogens (tertiary/aromatic N) is 1. The number of hydrogen-bond donors (Lipinski definition) is 2. The number of fused-ring (bicyclic) bond motifs is 1. The maximum Gasteiger partial charge on any atom is 0.146 e. The van der Waals surface area contributed by atoms with E-state index in [-0.39, 0.29) is 5.69 Å². The molecule has 0 saturated heterocycles. The van der Waals surface area contributed by atoms with Crippen molar-refractivity contribution in [3.63, 3.8) is 0 Å². The third-order valence-electron chi connectivity index (χ3n) is 2.19. The van der Waals surface area contributed by atoms with Crippen LogP contribution < -0.4 is 11.5 Å². The first kappa shape index (κ1) is 8.74. The van der Waals surface area contributed by atoms with Gasteiger partial charge in [-0.2, -0.15) is 0 Å². The highest BCUT2D eigenvalue weighted by Gasteiger charge is 2.07. The fourth-order valence-corrected chi connectivity index (χ4v) is 1.58. The molecule has 4 heteroatoms. The fourth-order valence-electron chi connectivity index (χ4n) is 1.58. The van der Waals surface area contributed by atoms with Gasteiger partial charge in [0.05, 0.1) is 5.69 Å². The van der Waals surface area contributed by atoms with Crippen LogP contribution >= 0.6 is 0 Å². The zero-order valence-corrected chi connectivity index (χ0v) is 7.71. The standard InChI is InChI=1S/C10H10FN3/c1-5-9-6(4-8(12)14-5)2-3-7(11)10(9)13/h2-4H,13H2,1H3,(H2,12,14). The Hall–Kier alpha value is -1.84. The van der Waals surface area contributed by atoms with Gasteiger partial charge in [-0.25, -0.2) is 9.37 Å². The molecule has 0 amide bonds. The molecule has 0 unspecified atom stereocenters. The summed E-state index contributed by atoms with van der Waals surface area (Å²) in [4.78, 5) is 4.03. The lowest BCUT2D eigenvalue weighted by atomic mass is 10.1. The zero-order chi connectivity index (χ0) is 10.3. The molecule has 1 heterocycles. The van der Waals surface area contributed by atoms with E-state index in [1.807, 2.05) is 0 Å². The number of pyridine rings is 1. The highest BCUT2D eigenvalue weighted by molar-refractivity contribution is 5.95. The first-order valence-electron chi connectivity index (χ1n) is 4.20. The molecule has 72 valence electrons. The molecule has 0 aliphatic rings. The van der Waals surface area contributed by atoms with Gasteiger partial charge >= 0.3 is 0 Å². The summed E-state index contributed by atoms with van der Waals surface area (Å²) < 4.78 is 13.1. The summed E-state index contributed by atoms with van der Waals surface area (Å²) in [7, 11) is 0. The van der Waals surface area contributed by atoms with Gasteiger partial charge in [0.25, 0.3) is 0 Å². The van der Waals surface area contributed by atoms with Crippen molar-refractivity contribution in [2.45, 2.75) is 6.92 Å². The molecule has 0 saturated carbocycles. The Balaban J connectivity index is 2.95. The summed E-state index contributed by atoms with van der Waals surface area (Å²) >= 11 is 0. The van der Waals surface area contributed by atoms with Crippen LogP contribution in [0.3, 0.4) is 0 Å². The van der Waals surface area contributed by atoms with E-state index in [0.29, 0.717) is 16.9 Å². The van der Waals surface area contributed by atoms with Gasteiger partial charge in [-0.15, -0.1) is 0 Å². The van der Waals surface area contributed by atoms with Crippen molar-refractivity contribution in [3.05, 3.63) is 29.7 Å². The van der Waals surface area contributed by atoms with Gasteiger partial charge in [-0.1, -0.05) is 6.07 Å². The average Bonchev–Trinajstić information content (AvgIpc) is 2.10. The van der Waals surface area contributed by atoms with Crippen LogP contribution in [0.1, 0.15) is 5.69 Å². The van der Waals surface area contributed by atoms with Crippen LogP contribution in [-0.4, -0.2) is 4.98 Å². The van der Waals surface area contributed by atoms with Gasteiger partial charge in [0.15, 0.2) is 0 Å². The van der Waals surface area contributed by atoms with E-state index in [1.165, 1.54) is 6.07 Å². The summed E-state index contributed by atoms with van der Waals surface area (Å²) in [5.41, 5.74) is 12.0. The molecule has 0 radical (unpaired) electrons. The van der Waals surface area contributed by atoms with E-state index < -0.39 is 5.82 Å². The van der Waals surface area contributed by atoms with Crippen LogP contribution in [0.15, 0.2) is 18.2 Å². The number of benzene rings is 1. The minimum Gasteiger partial charge on any atom is -0.396 e. The maximum atomic E-state index is 13.1. The highest BCUT2D eigenvalue weighted by Crippen LogP contribution is 2.27. The molecule has 2 rings (SSSR count). The molecule has 0 atom stereocenters. The lowest BCUT2D eigenvalue weighted by Crippen LogP contribution is -1.98. The minimum atomic E-state index is -0.424. The van der Waals surface area contributed by atoms with Crippen molar-refractivity contribution in [2.24, 2.45) is 0 Å². The van der Waals surface area contributed by atoms with Crippen LogP contribution in [0, 0.1) is 12.7 Å². The molecule has 4 N–H and O–H groups in total. The van der Waals surface area contributed by atoms with Gasteiger partial charge in [-0.3, -0.25) is 0 Å².